The van der Waals surface area contributed by atoms with Crippen LogP contribution in [0.4, 0.5) is 4.39 Å². The van der Waals surface area contributed by atoms with Gasteiger partial charge in [-0.1, -0.05) is 55.4 Å². The third-order valence-corrected chi connectivity index (χ3v) is 6.38. The highest BCUT2D eigenvalue weighted by Crippen LogP contribution is 2.43. The molecule has 1 saturated carbocycles. The molecule has 0 radical (unpaired) electrons. The molecule has 0 bridgehead atoms. The SMILES string of the molecule is C=C(CCC)C(Cc1c(F)ccc(C)c1C)C1CCC2C=CC=C2C1. The van der Waals surface area contributed by atoms with Crippen molar-refractivity contribution in [2.45, 2.75) is 59.3 Å². The zero-order valence-corrected chi connectivity index (χ0v) is 15.9. The number of rotatable bonds is 6. The monoisotopic (exact) mass is 338 g/mol. The quantitative estimate of drug-likeness (QED) is 0.496. The Morgan fingerprint density at radius 2 is 2.08 bits per heavy atom. The summed E-state index contributed by atoms with van der Waals surface area (Å²) in [5, 5.41) is 0. The van der Waals surface area contributed by atoms with Gasteiger partial charge < -0.3 is 0 Å². The molecule has 1 heteroatoms. The highest BCUT2D eigenvalue weighted by molar-refractivity contribution is 5.36. The van der Waals surface area contributed by atoms with E-state index in [1.54, 1.807) is 11.6 Å². The molecule has 0 N–H and O–H groups in total. The van der Waals surface area contributed by atoms with Gasteiger partial charge >= 0.3 is 0 Å². The zero-order chi connectivity index (χ0) is 18.0. The van der Waals surface area contributed by atoms with E-state index in [9.17, 15) is 4.39 Å². The number of aryl methyl sites for hydroxylation is 1. The Bertz CT molecular complexity index is 707. The molecule has 134 valence electrons. The molecule has 0 spiro atoms. The molecule has 0 heterocycles. The van der Waals surface area contributed by atoms with E-state index >= 15 is 0 Å². The molecule has 0 aromatic heterocycles. The molecule has 1 aromatic rings. The summed E-state index contributed by atoms with van der Waals surface area (Å²) in [5.41, 5.74) is 6.10. The van der Waals surface area contributed by atoms with Crippen molar-refractivity contribution in [3.63, 3.8) is 0 Å². The van der Waals surface area contributed by atoms with E-state index in [0.717, 1.165) is 36.8 Å². The van der Waals surface area contributed by atoms with E-state index in [1.165, 1.54) is 24.0 Å². The zero-order valence-electron chi connectivity index (χ0n) is 15.9. The summed E-state index contributed by atoms with van der Waals surface area (Å²) >= 11 is 0. The molecule has 3 rings (SSSR count). The number of hydrogen-bond acceptors (Lipinski definition) is 0. The Kier molecular flexibility index (Phi) is 5.61. The second-order valence-electron chi connectivity index (χ2n) is 7.96. The van der Waals surface area contributed by atoms with Gasteiger partial charge in [-0.05, 0) is 86.5 Å². The topological polar surface area (TPSA) is 0 Å². The summed E-state index contributed by atoms with van der Waals surface area (Å²) < 4.78 is 14.6. The maximum atomic E-state index is 14.6. The van der Waals surface area contributed by atoms with Crippen molar-refractivity contribution in [1.29, 1.82) is 0 Å². The van der Waals surface area contributed by atoms with Crippen molar-refractivity contribution < 1.29 is 4.39 Å². The van der Waals surface area contributed by atoms with Crippen molar-refractivity contribution >= 4 is 0 Å². The normalized spacial score (nSPS) is 23.3. The Hall–Kier alpha value is -1.63. The summed E-state index contributed by atoms with van der Waals surface area (Å²) in [6.45, 7) is 10.8. The maximum absolute atomic E-state index is 14.6. The van der Waals surface area contributed by atoms with Crippen LogP contribution in [0.5, 0.6) is 0 Å². The summed E-state index contributed by atoms with van der Waals surface area (Å²) in [7, 11) is 0. The second kappa shape index (κ2) is 7.72. The molecule has 2 aliphatic carbocycles. The van der Waals surface area contributed by atoms with Gasteiger partial charge in [0.1, 0.15) is 5.82 Å². The Labute approximate surface area is 152 Å². The van der Waals surface area contributed by atoms with Crippen LogP contribution in [-0.4, -0.2) is 0 Å². The van der Waals surface area contributed by atoms with Crippen LogP contribution in [0.2, 0.25) is 0 Å². The van der Waals surface area contributed by atoms with Crippen LogP contribution < -0.4 is 0 Å². The molecule has 0 saturated heterocycles. The van der Waals surface area contributed by atoms with Crippen LogP contribution >= 0.6 is 0 Å². The van der Waals surface area contributed by atoms with Gasteiger partial charge in [0, 0.05) is 0 Å². The first-order valence-corrected chi connectivity index (χ1v) is 9.80. The number of benzene rings is 1. The Morgan fingerprint density at radius 3 is 2.84 bits per heavy atom. The smallest absolute Gasteiger partial charge is 0.126 e. The van der Waals surface area contributed by atoms with Crippen LogP contribution in [0.3, 0.4) is 0 Å². The third kappa shape index (κ3) is 3.81. The lowest BCUT2D eigenvalue weighted by Crippen LogP contribution is -2.26. The van der Waals surface area contributed by atoms with Crippen LogP contribution in [-0.2, 0) is 6.42 Å². The minimum Gasteiger partial charge on any atom is -0.207 e. The highest BCUT2D eigenvalue weighted by Gasteiger charge is 2.32. The van der Waals surface area contributed by atoms with Crippen LogP contribution in [0, 0.1) is 37.4 Å². The maximum Gasteiger partial charge on any atom is 0.126 e. The molecule has 2 aliphatic rings. The van der Waals surface area contributed by atoms with Gasteiger partial charge in [0.05, 0.1) is 0 Å². The Morgan fingerprint density at radius 1 is 1.28 bits per heavy atom. The first-order chi connectivity index (χ1) is 12.0. The van der Waals surface area contributed by atoms with Gasteiger partial charge in [-0.15, -0.1) is 0 Å². The van der Waals surface area contributed by atoms with Crippen molar-refractivity contribution in [3.05, 3.63) is 70.6 Å². The minimum absolute atomic E-state index is 0.0483. The Balaban J connectivity index is 1.86. The predicted molar refractivity (Wildman–Crippen MR) is 105 cm³/mol. The molecule has 25 heavy (non-hydrogen) atoms. The number of allylic oxidation sites excluding steroid dienone is 5. The first-order valence-electron chi connectivity index (χ1n) is 9.80. The van der Waals surface area contributed by atoms with Gasteiger partial charge in [-0.25, -0.2) is 4.39 Å². The number of fused-ring (bicyclic) bond motifs is 1. The van der Waals surface area contributed by atoms with Crippen LogP contribution in [0.15, 0.2) is 48.1 Å². The van der Waals surface area contributed by atoms with Gasteiger partial charge in [-0.3, -0.25) is 0 Å². The van der Waals surface area contributed by atoms with E-state index in [-0.39, 0.29) is 5.82 Å². The minimum atomic E-state index is -0.0483. The van der Waals surface area contributed by atoms with Crippen molar-refractivity contribution in [1.82, 2.24) is 0 Å². The van der Waals surface area contributed by atoms with Gasteiger partial charge in [0.25, 0.3) is 0 Å². The summed E-state index contributed by atoms with van der Waals surface area (Å²) in [6, 6.07) is 3.53. The fourth-order valence-corrected chi connectivity index (χ4v) is 4.67. The largest absolute Gasteiger partial charge is 0.207 e. The van der Waals surface area contributed by atoms with E-state index in [0.29, 0.717) is 17.8 Å². The lowest BCUT2D eigenvalue weighted by Gasteiger charge is -2.35. The van der Waals surface area contributed by atoms with E-state index in [4.69, 9.17) is 0 Å². The van der Waals surface area contributed by atoms with Crippen molar-refractivity contribution in [2.75, 3.05) is 0 Å². The molecular formula is C24H31F. The summed E-state index contributed by atoms with van der Waals surface area (Å²) in [6.07, 6.45) is 13.4. The van der Waals surface area contributed by atoms with Crippen LogP contribution in [0.1, 0.15) is 55.7 Å². The molecule has 0 aliphatic heterocycles. The predicted octanol–water partition coefficient (Wildman–Crippen LogP) is 6.87. The molecule has 1 fully saturated rings. The second-order valence-corrected chi connectivity index (χ2v) is 7.96. The molecule has 3 unspecified atom stereocenters. The standard InChI is InChI=1S/C24H31F/c1-5-7-17(3)22(15-23-18(4)16(2)10-13-24(23)25)21-12-11-19-8-6-9-20(19)14-21/h6,8-10,13,19,21-22H,3,5,7,11-12,14-15H2,1-2,4H3. The molecule has 0 nitrogen and oxygen atoms in total. The number of hydrogen-bond donors (Lipinski definition) is 0. The van der Waals surface area contributed by atoms with Gasteiger partial charge in [0.15, 0.2) is 0 Å². The highest BCUT2D eigenvalue weighted by atomic mass is 19.1. The summed E-state index contributed by atoms with van der Waals surface area (Å²) in [5.74, 6) is 1.60. The molecule has 3 atom stereocenters. The average molecular weight is 339 g/mol. The van der Waals surface area contributed by atoms with Crippen molar-refractivity contribution in [2.24, 2.45) is 17.8 Å². The van der Waals surface area contributed by atoms with Gasteiger partial charge in [-0.2, -0.15) is 0 Å². The lowest BCUT2D eigenvalue weighted by atomic mass is 9.69. The fraction of sp³-hybridized carbons (Fsp3) is 0.500. The lowest BCUT2D eigenvalue weighted by molar-refractivity contribution is 0.288. The fourth-order valence-electron chi connectivity index (χ4n) is 4.67. The van der Waals surface area contributed by atoms with Crippen LogP contribution in [0.25, 0.3) is 0 Å². The summed E-state index contributed by atoms with van der Waals surface area (Å²) in [4.78, 5) is 0. The number of halogens is 1. The molecule has 0 amide bonds. The molecule has 1 aromatic carbocycles. The first kappa shape index (κ1) is 18.2. The van der Waals surface area contributed by atoms with Gasteiger partial charge in [0.2, 0.25) is 0 Å². The van der Waals surface area contributed by atoms with E-state index in [2.05, 4.69) is 45.6 Å². The third-order valence-electron chi connectivity index (χ3n) is 6.38. The van der Waals surface area contributed by atoms with E-state index < -0.39 is 0 Å². The molecular weight excluding hydrogens is 307 g/mol. The van der Waals surface area contributed by atoms with Crippen molar-refractivity contribution in [3.8, 4) is 0 Å². The average Bonchev–Trinajstić information content (AvgIpc) is 3.06. The van der Waals surface area contributed by atoms with E-state index in [1.807, 2.05) is 6.07 Å².